The van der Waals surface area contributed by atoms with Crippen LogP contribution in [-0.2, 0) is 10.8 Å². The molecule has 0 atom stereocenters. The molecule has 3 heteroatoms. The largest absolute Gasteiger partial charge is 0.322 e. The van der Waals surface area contributed by atoms with Gasteiger partial charge in [-0.1, -0.05) is 58.5 Å². The van der Waals surface area contributed by atoms with Crippen molar-refractivity contribution in [2.75, 3.05) is 5.32 Å². The van der Waals surface area contributed by atoms with Crippen molar-refractivity contribution in [3.63, 3.8) is 0 Å². The number of nitrogens with one attached hydrogen (secondary N) is 1. The fourth-order valence-corrected chi connectivity index (χ4v) is 4.76. The molecule has 2 nitrogen and oxygen atoms in total. The van der Waals surface area contributed by atoms with E-state index in [4.69, 9.17) is 0 Å². The Morgan fingerprint density at radius 3 is 1.94 bits per heavy atom. The van der Waals surface area contributed by atoms with Crippen LogP contribution in [0, 0.1) is 12.7 Å². The molecule has 1 N–H and O–H groups in total. The van der Waals surface area contributed by atoms with Crippen molar-refractivity contribution in [1.29, 1.82) is 0 Å². The first kappa shape index (κ1) is 23.0. The third-order valence-electron chi connectivity index (χ3n) is 7.12. The van der Waals surface area contributed by atoms with Crippen LogP contribution in [0.15, 0.2) is 67.2 Å². The summed E-state index contributed by atoms with van der Waals surface area (Å²) in [5, 5.41) is 2.80. The lowest BCUT2D eigenvalue weighted by molar-refractivity contribution is 0.102. The lowest BCUT2D eigenvalue weighted by Gasteiger charge is -2.42. The zero-order valence-electron chi connectivity index (χ0n) is 20.2. The van der Waals surface area contributed by atoms with Gasteiger partial charge in [0.15, 0.2) is 0 Å². The summed E-state index contributed by atoms with van der Waals surface area (Å²) in [6, 6.07) is 17.9. The van der Waals surface area contributed by atoms with Crippen molar-refractivity contribution in [2.24, 2.45) is 0 Å². The zero-order chi connectivity index (χ0) is 24.0. The minimum Gasteiger partial charge on any atom is -0.322 e. The highest BCUT2D eigenvalue weighted by atomic mass is 19.1. The molecule has 3 aromatic carbocycles. The molecule has 0 radical (unpaired) electrons. The van der Waals surface area contributed by atoms with Gasteiger partial charge in [-0.15, -0.1) is 0 Å². The highest BCUT2D eigenvalue weighted by Crippen LogP contribution is 2.47. The molecule has 0 aliphatic heterocycles. The number of carbonyl (C=O) groups excluding carboxylic acids is 1. The molecule has 1 aliphatic carbocycles. The number of anilines is 1. The van der Waals surface area contributed by atoms with E-state index in [-0.39, 0.29) is 22.6 Å². The maximum absolute atomic E-state index is 13.1. The van der Waals surface area contributed by atoms with Gasteiger partial charge in [0.05, 0.1) is 0 Å². The summed E-state index contributed by atoms with van der Waals surface area (Å²) in [6.45, 7) is 15.9. The van der Waals surface area contributed by atoms with Crippen LogP contribution in [0.3, 0.4) is 0 Å². The van der Waals surface area contributed by atoms with E-state index in [1.807, 2.05) is 12.1 Å². The molecular formula is C30H32FNO. The molecule has 3 aromatic rings. The zero-order valence-corrected chi connectivity index (χ0v) is 20.2. The number of amides is 1. The van der Waals surface area contributed by atoms with Crippen molar-refractivity contribution in [3.05, 3.63) is 106 Å². The first-order valence-corrected chi connectivity index (χ1v) is 11.5. The lowest BCUT2D eigenvalue weighted by Crippen LogP contribution is -2.34. The molecule has 33 heavy (non-hydrogen) atoms. The number of hydrogen-bond donors (Lipinski definition) is 1. The van der Waals surface area contributed by atoms with Gasteiger partial charge in [-0.05, 0) is 100 Å². The van der Waals surface area contributed by atoms with Crippen LogP contribution in [0.2, 0.25) is 0 Å². The Labute approximate surface area is 196 Å². The van der Waals surface area contributed by atoms with Gasteiger partial charge >= 0.3 is 0 Å². The normalized spacial score (nSPS) is 16.1. The van der Waals surface area contributed by atoms with E-state index in [2.05, 4.69) is 58.6 Å². The van der Waals surface area contributed by atoms with E-state index >= 15 is 0 Å². The van der Waals surface area contributed by atoms with E-state index < -0.39 is 0 Å². The maximum Gasteiger partial charge on any atom is 0.255 e. The highest BCUT2D eigenvalue weighted by Gasteiger charge is 2.37. The molecule has 0 aromatic heterocycles. The van der Waals surface area contributed by atoms with Crippen LogP contribution in [0.25, 0.3) is 5.57 Å². The van der Waals surface area contributed by atoms with Gasteiger partial charge in [0, 0.05) is 11.3 Å². The van der Waals surface area contributed by atoms with Crippen LogP contribution < -0.4 is 5.32 Å². The molecule has 0 spiro atoms. The number of fused-ring (bicyclic) bond motifs is 1. The summed E-state index contributed by atoms with van der Waals surface area (Å²) < 4.78 is 13.1. The third-order valence-corrected chi connectivity index (χ3v) is 7.12. The number of carbonyl (C=O) groups is 1. The van der Waals surface area contributed by atoms with E-state index in [1.165, 1.54) is 41.7 Å². The smallest absolute Gasteiger partial charge is 0.255 e. The summed E-state index contributed by atoms with van der Waals surface area (Å²) in [4.78, 5) is 12.6. The fourth-order valence-electron chi connectivity index (χ4n) is 4.76. The fraction of sp³-hybridized carbons (Fsp3) is 0.300. The van der Waals surface area contributed by atoms with Crippen LogP contribution >= 0.6 is 0 Å². The molecule has 0 saturated heterocycles. The molecular weight excluding hydrogens is 409 g/mol. The van der Waals surface area contributed by atoms with Gasteiger partial charge in [0.25, 0.3) is 5.91 Å². The summed E-state index contributed by atoms with van der Waals surface area (Å²) in [5.41, 5.74) is 8.60. The van der Waals surface area contributed by atoms with E-state index in [9.17, 15) is 9.18 Å². The molecule has 0 saturated carbocycles. The molecule has 1 amide bonds. The first-order valence-electron chi connectivity index (χ1n) is 11.5. The monoisotopic (exact) mass is 441 g/mol. The second-order valence-electron chi connectivity index (χ2n) is 10.5. The molecule has 0 heterocycles. The predicted octanol–water partition coefficient (Wildman–Crippen LogP) is 7.80. The van der Waals surface area contributed by atoms with Crippen LogP contribution in [0.4, 0.5) is 10.1 Å². The quantitative estimate of drug-likeness (QED) is 0.440. The van der Waals surface area contributed by atoms with Gasteiger partial charge in [0.2, 0.25) is 0 Å². The Hall–Kier alpha value is -3.20. The van der Waals surface area contributed by atoms with Gasteiger partial charge in [0.1, 0.15) is 5.82 Å². The van der Waals surface area contributed by atoms with Gasteiger partial charge < -0.3 is 5.32 Å². The Morgan fingerprint density at radius 1 is 0.848 bits per heavy atom. The number of aryl methyl sites for hydroxylation is 1. The molecule has 170 valence electrons. The highest BCUT2D eigenvalue weighted by molar-refractivity contribution is 6.04. The summed E-state index contributed by atoms with van der Waals surface area (Å²) in [5.74, 6) is -0.562. The van der Waals surface area contributed by atoms with E-state index in [0.717, 1.165) is 16.7 Å². The minimum atomic E-state index is -0.333. The van der Waals surface area contributed by atoms with Crippen molar-refractivity contribution in [3.8, 4) is 0 Å². The standard InChI is InChI=1S/C30H32FNO/c1-19-17-26-27(30(5,6)16-15-29(26,3)4)18-25(19)20(2)21-7-9-22(10-8-21)28(33)32-24-13-11-23(31)12-14-24/h7-14,17-18H,2,15-16H2,1,3-6H3,(H,32,33). The minimum absolute atomic E-state index is 0.135. The molecule has 0 unspecified atom stereocenters. The van der Waals surface area contributed by atoms with Crippen LogP contribution in [0.1, 0.15) is 78.7 Å². The number of benzene rings is 3. The Bertz CT molecular complexity index is 1220. The molecule has 0 fully saturated rings. The summed E-state index contributed by atoms with van der Waals surface area (Å²) >= 11 is 0. The predicted molar refractivity (Wildman–Crippen MR) is 135 cm³/mol. The van der Waals surface area contributed by atoms with Crippen molar-refractivity contribution in [1.82, 2.24) is 0 Å². The van der Waals surface area contributed by atoms with Gasteiger partial charge in [-0.3, -0.25) is 4.79 Å². The Balaban J connectivity index is 1.60. The topological polar surface area (TPSA) is 29.1 Å². The van der Waals surface area contributed by atoms with Gasteiger partial charge in [-0.2, -0.15) is 0 Å². The average Bonchev–Trinajstić information content (AvgIpc) is 2.78. The summed E-state index contributed by atoms with van der Waals surface area (Å²) in [7, 11) is 0. The Kier molecular flexibility index (Phi) is 5.78. The van der Waals surface area contributed by atoms with Crippen LogP contribution in [0.5, 0.6) is 0 Å². The van der Waals surface area contributed by atoms with Crippen LogP contribution in [-0.4, -0.2) is 5.91 Å². The second kappa shape index (κ2) is 8.30. The molecule has 4 rings (SSSR count). The maximum atomic E-state index is 13.1. The molecule has 0 bridgehead atoms. The third kappa shape index (κ3) is 4.50. The summed E-state index contributed by atoms with van der Waals surface area (Å²) in [6.07, 6.45) is 2.36. The van der Waals surface area contributed by atoms with Crippen molar-refractivity contribution in [2.45, 2.75) is 58.3 Å². The number of rotatable bonds is 4. The van der Waals surface area contributed by atoms with Crippen molar-refractivity contribution >= 4 is 17.2 Å². The SMILES string of the molecule is C=C(c1ccc(C(=O)Nc2ccc(F)cc2)cc1)c1cc2c(cc1C)C(C)(C)CCC2(C)C. The second-order valence-corrected chi connectivity index (χ2v) is 10.5. The van der Waals surface area contributed by atoms with Gasteiger partial charge in [-0.25, -0.2) is 4.39 Å². The average molecular weight is 442 g/mol. The van der Waals surface area contributed by atoms with Crippen molar-refractivity contribution < 1.29 is 9.18 Å². The number of hydrogen-bond acceptors (Lipinski definition) is 1. The first-order chi connectivity index (χ1) is 15.5. The van der Waals surface area contributed by atoms with E-state index in [0.29, 0.717) is 11.3 Å². The van der Waals surface area contributed by atoms with E-state index in [1.54, 1.807) is 24.3 Å². The number of halogens is 1. The molecule has 1 aliphatic rings. The Morgan fingerprint density at radius 2 is 1.36 bits per heavy atom. The lowest BCUT2D eigenvalue weighted by atomic mass is 9.62.